The molecule has 0 unspecified atom stereocenters. The quantitative estimate of drug-likeness (QED) is 0.552. The minimum Gasteiger partial charge on any atom is -0.493 e. The number of nitrogen functional groups attached to an aromatic ring is 1. The van der Waals surface area contributed by atoms with Crippen LogP contribution in [0.1, 0.15) is 24.6 Å². The van der Waals surface area contributed by atoms with Crippen LogP contribution in [0, 0.1) is 5.92 Å². The van der Waals surface area contributed by atoms with Gasteiger partial charge in [-0.3, -0.25) is 0 Å². The van der Waals surface area contributed by atoms with Crippen molar-refractivity contribution in [1.82, 2.24) is 4.98 Å². The predicted molar refractivity (Wildman–Crippen MR) is 89.9 cm³/mol. The van der Waals surface area contributed by atoms with Crippen molar-refractivity contribution in [2.24, 2.45) is 5.92 Å². The van der Waals surface area contributed by atoms with Gasteiger partial charge in [-0.05, 0) is 36.8 Å². The van der Waals surface area contributed by atoms with E-state index in [2.05, 4.69) is 11.9 Å². The molecule has 23 heavy (non-hydrogen) atoms. The molecular weight excluding hydrogens is 292 g/mol. The molecule has 0 saturated carbocycles. The molecule has 5 heteroatoms. The van der Waals surface area contributed by atoms with Crippen molar-refractivity contribution in [2.45, 2.75) is 26.2 Å². The van der Waals surface area contributed by atoms with E-state index in [1.54, 1.807) is 13.2 Å². The number of ether oxygens (including phenoxy) is 1. The van der Waals surface area contributed by atoms with Gasteiger partial charge in [-0.2, -0.15) is 0 Å². The number of anilines is 1. The third kappa shape index (κ3) is 2.00. The number of aromatic nitrogens is 1. The van der Waals surface area contributed by atoms with E-state index in [0.29, 0.717) is 22.6 Å². The molecule has 2 heterocycles. The first-order chi connectivity index (χ1) is 11.1. The van der Waals surface area contributed by atoms with E-state index in [0.717, 1.165) is 41.3 Å². The molecule has 0 amide bonds. The summed E-state index contributed by atoms with van der Waals surface area (Å²) in [7, 11) is 1.57. The number of nitrogens with zero attached hydrogens (tertiary/aromatic N) is 1. The fourth-order valence-electron chi connectivity index (χ4n) is 3.58. The number of rotatable bonds is 1. The average Bonchev–Trinajstić information content (AvgIpc) is 2.54. The Kier molecular flexibility index (Phi) is 3.04. The lowest BCUT2D eigenvalue weighted by Crippen LogP contribution is -2.17. The Labute approximate surface area is 133 Å². The lowest BCUT2D eigenvalue weighted by molar-refractivity contribution is 0.407. The molecule has 4 rings (SSSR count). The summed E-state index contributed by atoms with van der Waals surface area (Å²) in [6, 6.07) is 5.63. The largest absolute Gasteiger partial charge is 0.493 e. The topological polar surface area (TPSA) is 78.3 Å². The smallest absolute Gasteiger partial charge is 0.348 e. The van der Waals surface area contributed by atoms with Gasteiger partial charge in [0.05, 0.1) is 7.11 Å². The Morgan fingerprint density at radius 2 is 2.17 bits per heavy atom. The minimum absolute atomic E-state index is 0.256. The molecule has 1 aliphatic carbocycles. The van der Waals surface area contributed by atoms with Crippen molar-refractivity contribution in [1.29, 1.82) is 0 Å². The predicted octanol–water partition coefficient (Wildman–Crippen LogP) is 3.06. The monoisotopic (exact) mass is 310 g/mol. The average molecular weight is 310 g/mol. The van der Waals surface area contributed by atoms with Crippen LogP contribution in [-0.2, 0) is 12.8 Å². The van der Waals surface area contributed by atoms with Gasteiger partial charge in [0.1, 0.15) is 11.2 Å². The van der Waals surface area contributed by atoms with Crippen molar-refractivity contribution in [2.75, 3.05) is 12.8 Å². The van der Waals surface area contributed by atoms with Gasteiger partial charge >= 0.3 is 5.63 Å². The van der Waals surface area contributed by atoms with E-state index >= 15 is 0 Å². The molecule has 5 nitrogen and oxygen atoms in total. The highest BCUT2D eigenvalue weighted by atomic mass is 16.5. The van der Waals surface area contributed by atoms with Crippen molar-refractivity contribution in [3.8, 4) is 5.75 Å². The van der Waals surface area contributed by atoms with Gasteiger partial charge in [0, 0.05) is 16.5 Å². The van der Waals surface area contributed by atoms with E-state index in [1.165, 1.54) is 0 Å². The number of methoxy groups -OCH3 is 1. The lowest BCUT2D eigenvalue weighted by Gasteiger charge is -2.23. The first-order valence-electron chi connectivity index (χ1n) is 7.81. The SMILES string of the molecule is COc1cccc2c1oc(=O)c1c(N)nc3c(c12)C[C@@H](C)CC3. The van der Waals surface area contributed by atoms with Gasteiger partial charge in [0.25, 0.3) is 0 Å². The third-order valence-corrected chi connectivity index (χ3v) is 4.71. The number of hydrogen-bond acceptors (Lipinski definition) is 5. The fourth-order valence-corrected chi connectivity index (χ4v) is 3.58. The van der Waals surface area contributed by atoms with Crippen LogP contribution >= 0.6 is 0 Å². The van der Waals surface area contributed by atoms with E-state index in [4.69, 9.17) is 14.9 Å². The normalized spacial score (nSPS) is 17.4. The van der Waals surface area contributed by atoms with Crippen molar-refractivity contribution < 1.29 is 9.15 Å². The molecule has 1 aromatic carbocycles. The second kappa shape index (κ2) is 4.98. The van der Waals surface area contributed by atoms with Gasteiger partial charge < -0.3 is 14.9 Å². The van der Waals surface area contributed by atoms with Crippen molar-refractivity contribution in [3.63, 3.8) is 0 Å². The molecule has 0 saturated heterocycles. The standard InChI is InChI=1S/C18H18N2O3/c1-9-6-7-12-11(8-9)14-10-4-3-5-13(22-2)16(10)23-18(21)15(14)17(19)20-12/h3-5,9H,6-8H2,1-2H3,(H2,19,20)/t9-/m0/s1. The molecule has 0 bridgehead atoms. The molecule has 1 atom stereocenters. The summed E-state index contributed by atoms with van der Waals surface area (Å²) in [5, 5.41) is 2.13. The van der Waals surface area contributed by atoms with E-state index < -0.39 is 5.63 Å². The Hall–Kier alpha value is -2.56. The molecule has 1 aliphatic rings. The van der Waals surface area contributed by atoms with Gasteiger partial charge in [-0.15, -0.1) is 0 Å². The maximum absolute atomic E-state index is 12.5. The number of fused-ring (bicyclic) bond motifs is 5. The first-order valence-corrected chi connectivity index (χ1v) is 7.81. The third-order valence-electron chi connectivity index (χ3n) is 4.71. The molecule has 0 aliphatic heterocycles. The molecular formula is C18H18N2O3. The Morgan fingerprint density at radius 3 is 2.96 bits per heavy atom. The van der Waals surface area contributed by atoms with Crippen LogP contribution < -0.4 is 16.1 Å². The molecule has 0 spiro atoms. The highest BCUT2D eigenvalue weighted by molar-refractivity contribution is 6.10. The number of aryl methyl sites for hydroxylation is 1. The van der Waals surface area contributed by atoms with E-state index in [1.807, 2.05) is 12.1 Å². The second-order valence-corrected chi connectivity index (χ2v) is 6.25. The van der Waals surface area contributed by atoms with Crippen LogP contribution in [0.15, 0.2) is 27.4 Å². The van der Waals surface area contributed by atoms with Crippen LogP contribution in [0.2, 0.25) is 0 Å². The fraction of sp³-hybridized carbons (Fsp3) is 0.333. The molecule has 118 valence electrons. The molecule has 3 aromatic rings. The molecule has 2 N–H and O–H groups in total. The number of hydrogen-bond donors (Lipinski definition) is 1. The summed E-state index contributed by atoms with van der Waals surface area (Å²) in [5.74, 6) is 1.37. The maximum atomic E-state index is 12.5. The minimum atomic E-state index is -0.456. The molecule has 2 aromatic heterocycles. The van der Waals surface area contributed by atoms with E-state index in [9.17, 15) is 4.79 Å². The first kappa shape index (κ1) is 14.1. The number of para-hydroxylation sites is 1. The highest BCUT2D eigenvalue weighted by Gasteiger charge is 2.24. The second-order valence-electron chi connectivity index (χ2n) is 6.25. The van der Waals surface area contributed by atoms with Crippen molar-refractivity contribution >= 4 is 27.6 Å². The molecule has 0 radical (unpaired) electrons. The number of pyridine rings is 1. The van der Waals surface area contributed by atoms with Gasteiger partial charge in [-0.1, -0.05) is 19.1 Å². The van der Waals surface area contributed by atoms with Gasteiger partial charge in [0.2, 0.25) is 0 Å². The van der Waals surface area contributed by atoms with Gasteiger partial charge in [0.15, 0.2) is 11.3 Å². The van der Waals surface area contributed by atoms with Crippen LogP contribution in [0.3, 0.4) is 0 Å². The van der Waals surface area contributed by atoms with Crippen LogP contribution in [0.4, 0.5) is 5.82 Å². The van der Waals surface area contributed by atoms with Gasteiger partial charge in [-0.25, -0.2) is 9.78 Å². The summed E-state index contributed by atoms with van der Waals surface area (Å²) >= 11 is 0. The zero-order chi connectivity index (χ0) is 16.1. The lowest BCUT2D eigenvalue weighted by atomic mass is 9.84. The van der Waals surface area contributed by atoms with E-state index in [-0.39, 0.29) is 5.82 Å². The Balaban J connectivity index is 2.25. The zero-order valence-corrected chi connectivity index (χ0v) is 13.2. The maximum Gasteiger partial charge on any atom is 0.348 e. The van der Waals surface area contributed by atoms with Crippen LogP contribution in [0.25, 0.3) is 21.7 Å². The summed E-state index contributed by atoms with van der Waals surface area (Å²) < 4.78 is 10.8. The summed E-state index contributed by atoms with van der Waals surface area (Å²) in [6.45, 7) is 2.22. The number of nitrogens with two attached hydrogens (primary N) is 1. The summed E-state index contributed by atoms with van der Waals surface area (Å²) in [5.41, 5.74) is 8.22. The van der Waals surface area contributed by atoms with Crippen LogP contribution in [-0.4, -0.2) is 12.1 Å². The zero-order valence-electron chi connectivity index (χ0n) is 13.2. The van der Waals surface area contributed by atoms with Crippen molar-refractivity contribution in [3.05, 3.63) is 39.9 Å². The summed E-state index contributed by atoms with van der Waals surface area (Å²) in [4.78, 5) is 17.0. The Morgan fingerprint density at radius 1 is 1.35 bits per heavy atom. The Bertz CT molecular complexity index is 991. The summed E-state index contributed by atoms with van der Waals surface area (Å²) in [6.07, 6.45) is 2.88. The van der Waals surface area contributed by atoms with Crippen LogP contribution in [0.5, 0.6) is 5.75 Å². The highest BCUT2D eigenvalue weighted by Crippen LogP contribution is 2.37. The number of benzene rings is 1. The molecule has 0 fully saturated rings.